The third-order valence-corrected chi connectivity index (χ3v) is 2.58. The van der Waals surface area contributed by atoms with Gasteiger partial charge in [0, 0.05) is 12.1 Å². The van der Waals surface area contributed by atoms with E-state index in [-0.39, 0.29) is 12.1 Å². The minimum absolute atomic E-state index is 0.184. The van der Waals surface area contributed by atoms with Crippen molar-refractivity contribution in [3.8, 4) is 0 Å². The predicted molar refractivity (Wildman–Crippen MR) is 44.3 cm³/mol. The van der Waals surface area contributed by atoms with Crippen molar-refractivity contribution >= 4 is 0 Å². The van der Waals surface area contributed by atoms with E-state index in [1.54, 1.807) is 0 Å². The maximum absolute atomic E-state index is 11.9. The van der Waals surface area contributed by atoms with Gasteiger partial charge in [0.15, 0.2) is 0 Å². The second-order valence-corrected chi connectivity index (χ2v) is 3.46. The summed E-state index contributed by atoms with van der Waals surface area (Å²) in [6, 6.07) is 0. The van der Waals surface area contributed by atoms with Crippen LogP contribution in [0.15, 0.2) is 0 Å². The number of nitrogens with one attached hydrogen (secondary N) is 1. The molecule has 1 fully saturated rings. The van der Waals surface area contributed by atoms with Crippen LogP contribution in [0.3, 0.4) is 0 Å². The molecule has 3 N–H and O–H groups in total. The molecule has 4 heteroatoms. The first-order valence-electron chi connectivity index (χ1n) is 4.42. The average molecular weight is 178 g/mol. The van der Waals surface area contributed by atoms with Gasteiger partial charge in [0.05, 0.1) is 6.54 Å². The summed E-state index contributed by atoms with van der Waals surface area (Å²) in [7, 11) is 0. The first-order chi connectivity index (χ1) is 5.68. The highest BCUT2D eigenvalue weighted by Crippen LogP contribution is 2.28. The van der Waals surface area contributed by atoms with Crippen LogP contribution >= 0.6 is 0 Å². The second kappa shape index (κ2) is 4.14. The van der Waals surface area contributed by atoms with Gasteiger partial charge >= 0.3 is 0 Å². The van der Waals surface area contributed by atoms with Crippen LogP contribution in [0, 0.1) is 0 Å². The number of hydrogen-bond acceptors (Lipinski definition) is 2. The lowest BCUT2D eigenvalue weighted by molar-refractivity contribution is 0.130. The molecule has 1 rings (SSSR count). The molecule has 0 heterocycles. The monoisotopic (exact) mass is 178 g/mol. The maximum atomic E-state index is 11.9. The van der Waals surface area contributed by atoms with E-state index in [2.05, 4.69) is 5.32 Å². The molecule has 12 heavy (non-hydrogen) atoms. The number of nitrogens with two attached hydrogens (primary N) is 1. The summed E-state index contributed by atoms with van der Waals surface area (Å²) in [6.07, 6.45) is 1.82. The minimum Gasteiger partial charge on any atom is -0.329 e. The highest BCUT2D eigenvalue weighted by atomic mass is 19.3. The lowest BCUT2D eigenvalue weighted by Gasteiger charge is -2.28. The topological polar surface area (TPSA) is 38.0 Å². The smallest absolute Gasteiger partial charge is 0.250 e. The van der Waals surface area contributed by atoms with Crippen LogP contribution < -0.4 is 11.1 Å². The van der Waals surface area contributed by atoms with Crippen molar-refractivity contribution in [1.82, 2.24) is 5.32 Å². The number of alkyl halides is 2. The maximum Gasteiger partial charge on any atom is 0.250 e. The quantitative estimate of drug-likeness (QED) is 0.676. The van der Waals surface area contributed by atoms with E-state index in [1.807, 2.05) is 0 Å². The van der Waals surface area contributed by atoms with Crippen LogP contribution in [-0.2, 0) is 0 Å². The molecule has 0 spiro atoms. The molecule has 0 aliphatic heterocycles. The van der Waals surface area contributed by atoms with E-state index in [0.29, 0.717) is 6.54 Å². The summed E-state index contributed by atoms with van der Waals surface area (Å²) in [5.41, 5.74) is 5.36. The van der Waals surface area contributed by atoms with Gasteiger partial charge in [-0.15, -0.1) is 0 Å². The van der Waals surface area contributed by atoms with Crippen LogP contribution in [0.5, 0.6) is 0 Å². The van der Waals surface area contributed by atoms with Crippen LogP contribution in [0.1, 0.15) is 25.7 Å². The Labute approximate surface area is 71.5 Å². The second-order valence-electron chi connectivity index (χ2n) is 3.46. The zero-order valence-corrected chi connectivity index (χ0v) is 7.15. The molecule has 1 aliphatic rings. The fraction of sp³-hybridized carbons (Fsp3) is 1.00. The summed E-state index contributed by atoms with van der Waals surface area (Å²) < 4.78 is 23.8. The van der Waals surface area contributed by atoms with Gasteiger partial charge in [0.25, 0.3) is 6.43 Å². The number of halogens is 2. The van der Waals surface area contributed by atoms with Gasteiger partial charge in [-0.3, -0.25) is 0 Å². The van der Waals surface area contributed by atoms with E-state index in [1.165, 1.54) is 0 Å². The molecule has 0 atom stereocenters. The zero-order valence-electron chi connectivity index (χ0n) is 7.15. The van der Waals surface area contributed by atoms with Crippen molar-refractivity contribution in [1.29, 1.82) is 0 Å². The first kappa shape index (κ1) is 9.86. The van der Waals surface area contributed by atoms with Gasteiger partial charge < -0.3 is 11.1 Å². The Bertz CT molecular complexity index is 133. The molecule has 1 aliphatic carbocycles. The molecule has 0 aromatic rings. The standard InChI is InChI=1S/C8H16F2N2/c9-7(10)5-12-8(6-11)3-1-2-4-8/h7,12H,1-6,11H2. The molecule has 0 aromatic heterocycles. The molecule has 0 bridgehead atoms. The van der Waals surface area contributed by atoms with Crippen LogP contribution in [0.2, 0.25) is 0 Å². The van der Waals surface area contributed by atoms with Gasteiger partial charge in [-0.25, -0.2) is 8.78 Å². The van der Waals surface area contributed by atoms with Crippen molar-refractivity contribution in [2.24, 2.45) is 5.73 Å². The van der Waals surface area contributed by atoms with E-state index in [4.69, 9.17) is 5.73 Å². The Morgan fingerprint density at radius 3 is 2.33 bits per heavy atom. The third kappa shape index (κ3) is 2.38. The van der Waals surface area contributed by atoms with Gasteiger partial charge in [-0.1, -0.05) is 12.8 Å². The molecular weight excluding hydrogens is 162 g/mol. The molecule has 2 nitrogen and oxygen atoms in total. The molecule has 72 valence electrons. The summed E-state index contributed by atoms with van der Waals surface area (Å²) in [4.78, 5) is 0. The highest BCUT2D eigenvalue weighted by Gasteiger charge is 2.32. The van der Waals surface area contributed by atoms with Gasteiger partial charge in [0.2, 0.25) is 0 Å². The molecule has 0 unspecified atom stereocenters. The Balaban J connectivity index is 2.34. The Hall–Kier alpha value is -0.220. The van der Waals surface area contributed by atoms with Crippen molar-refractivity contribution < 1.29 is 8.78 Å². The summed E-state index contributed by atoms with van der Waals surface area (Å²) in [5.74, 6) is 0. The SMILES string of the molecule is NCC1(NCC(F)F)CCCC1. The summed E-state index contributed by atoms with van der Waals surface area (Å²) in [6.45, 7) is 0.247. The van der Waals surface area contributed by atoms with E-state index in [9.17, 15) is 8.78 Å². The molecule has 0 aromatic carbocycles. The highest BCUT2D eigenvalue weighted by molar-refractivity contribution is 4.93. The number of rotatable bonds is 4. The lowest BCUT2D eigenvalue weighted by Crippen LogP contribution is -2.50. The largest absolute Gasteiger partial charge is 0.329 e. The predicted octanol–water partition coefficient (Wildman–Crippen LogP) is 1.11. The van der Waals surface area contributed by atoms with E-state index in [0.717, 1.165) is 25.7 Å². The Morgan fingerprint density at radius 1 is 1.33 bits per heavy atom. The molecular formula is C8H16F2N2. The minimum atomic E-state index is -2.27. The van der Waals surface area contributed by atoms with Crippen LogP contribution in [0.4, 0.5) is 8.78 Å². The van der Waals surface area contributed by atoms with E-state index >= 15 is 0 Å². The van der Waals surface area contributed by atoms with Crippen molar-refractivity contribution in [2.45, 2.75) is 37.6 Å². The van der Waals surface area contributed by atoms with Gasteiger partial charge in [-0.05, 0) is 12.8 Å². The molecule has 0 radical (unpaired) electrons. The van der Waals surface area contributed by atoms with Crippen molar-refractivity contribution in [3.05, 3.63) is 0 Å². The molecule has 1 saturated carbocycles. The zero-order chi connectivity index (χ0) is 9.03. The normalized spacial score (nSPS) is 22.0. The average Bonchev–Trinajstić information content (AvgIpc) is 2.50. The fourth-order valence-corrected chi connectivity index (χ4v) is 1.80. The summed E-state index contributed by atoms with van der Waals surface area (Å²) >= 11 is 0. The first-order valence-corrected chi connectivity index (χ1v) is 4.42. The van der Waals surface area contributed by atoms with Crippen molar-refractivity contribution in [3.63, 3.8) is 0 Å². The number of hydrogen-bond donors (Lipinski definition) is 2. The lowest BCUT2D eigenvalue weighted by atomic mass is 9.98. The van der Waals surface area contributed by atoms with E-state index < -0.39 is 6.43 Å². The Morgan fingerprint density at radius 2 is 1.92 bits per heavy atom. The molecule has 0 amide bonds. The molecule has 0 saturated heterocycles. The van der Waals surface area contributed by atoms with Crippen molar-refractivity contribution in [2.75, 3.05) is 13.1 Å². The Kier molecular flexibility index (Phi) is 3.40. The van der Waals surface area contributed by atoms with Gasteiger partial charge in [-0.2, -0.15) is 0 Å². The van der Waals surface area contributed by atoms with Crippen LogP contribution in [-0.4, -0.2) is 25.1 Å². The fourth-order valence-electron chi connectivity index (χ4n) is 1.80. The third-order valence-electron chi connectivity index (χ3n) is 2.58. The van der Waals surface area contributed by atoms with Crippen LogP contribution in [0.25, 0.3) is 0 Å². The van der Waals surface area contributed by atoms with Gasteiger partial charge in [0.1, 0.15) is 0 Å². The summed E-state index contributed by atoms with van der Waals surface area (Å²) in [5, 5.41) is 2.87.